The Hall–Kier alpha value is -2.57. The first-order valence-corrected chi connectivity index (χ1v) is 10.1. The SMILES string of the molecule is O=C(CCCc1nc2ccccc2c(=O)[nH]1)NCCCOc1ccc(Cl)cc1Cl. The van der Waals surface area contributed by atoms with E-state index in [-0.39, 0.29) is 11.5 Å². The number of aromatic amines is 1. The Kier molecular flexibility index (Phi) is 7.49. The molecule has 3 rings (SSSR count). The molecule has 0 bridgehead atoms. The molecule has 1 aromatic heterocycles. The van der Waals surface area contributed by atoms with Crippen molar-refractivity contribution in [2.24, 2.45) is 0 Å². The Morgan fingerprint density at radius 3 is 2.79 bits per heavy atom. The van der Waals surface area contributed by atoms with E-state index < -0.39 is 0 Å². The van der Waals surface area contributed by atoms with Crippen molar-refractivity contribution < 1.29 is 9.53 Å². The number of benzene rings is 2. The fourth-order valence-electron chi connectivity index (χ4n) is 2.83. The van der Waals surface area contributed by atoms with Gasteiger partial charge in [0.05, 0.1) is 22.5 Å². The number of aryl methyl sites for hydroxylation is 1. The highest BCUT2D eigenvalue weighted by molar-refractivity contribution is 6.35. The lowest BCUT2D eigenvalue weighted by atomic mass is 10.2. The molecule has 1 heterocycles. The Labute approximate surface area is 178 Å². The molecule has 0 spiro atoms. The molecule has 0 saturated carbocycles. The number of hydrogen-bond donors (Lipinski definition) is 2. The second-order valence-corrected chi connectivity index (χ2v) is 7.35. The molecule has 0 aliphatic carbocycles. The molecule has 0 aliphatic rings. The van der Waals surface area contributed by atoms with Gasteiger partial charge in [0.15, 0.2) is 0 Å². The van der Waals surface area contributed by atoms with Gasteiger partial charge in [-0.25, -0.2) is 4.98 Å². The quantitative estimate of drug-likeness (QED) is 0.496. The predicted octanol–water partition coefficient (Wildman–Crippen LogP) is 4.14. The number of carbonyl (C=O) groups excluding carboxylic acids is 1. The smallest absolute Gasteiger partial charge is 0.258 e. The van der Waals surface area contributed by atoms with E-state index in [0.717, 1.165) is 0 Å². The molecule has 0 unspecified atom stereocenters. The van der Waals surface area contributed by atoms with E-state index >= 15 is 0 Å². The van der Waals surface area contributed by atoms with Crippen molar-refractivity contribution in [1.82, 2.24) is 15.3 Å². The third kappa shape index (κ3) is 6.21. The summed E-state index contributed by atoms with van der Waals surface area (Å²) >= 11 is 11.9. The molecule has 2 aromatic carbocycles. The van der Waals surface area contributed by atoms with Gasteiger partial charge in [0, 0.05) is 24.4 Å². The lowest BCUT2D eigenvalue weighted by Crippen LogP contribution is -2.25. The first-order chi connectivity index (χ1) is 14.0. The number of nitrogens with one attached hydrogen (secondary N) is 2. The number of fused-ring (bicyclic) bond motifs is 1. The monoisotopic (exact) mass is 433 g/mol. The topological polar surface area (TPSA) is 84.1 Å². The maximum atomic E-state index is 12.0. The zero-order valence-corrected chi connectivity index (χ0v) is 17.2. The summed E-state index contributed by atoms with van der Waals surface area (Å²) in [6.07, 6.45) is 2.15. The van der Waals surface area contributed by atoms with Gasteiger partial charge in [-0.15, -0.1) is 0 Å². The van der Waals surface area contributed by atoms with E-state index in [0.29, 0.717) is 71.4 Å². The van der Waals surface area contributed by atoms with Crippen LogP contribution in [0.5, 0.6) is 5.75 Å². The van der Waals surface area contributed by atoms with Gasteiger partial charge >= 0.3 is 0 Å². The van der Waals surface area contributed by atoms with Gasteiger partial charge in [0.2, 0.25) is 5.91 Å². The van der Waals surface area contributed by atoms with Crippen LogP contribution in [-0.2, 0) is 11.2 Å². The molecule has 0 radical (unpaired) electrons. The minimum Gasteiger partial charge on any atom is -0.492 e. The maximum absolute atomic E-state index is 12.0. The maximum Gasteiger partial charge on any atom is 0.258 e. The number of halogens is 2. The number of rotatable bonds is 9. The second-order valence-electron chi connectivity index (χ2n) is 6.51. The number of nitrogens with zero attached hydrogens (tertiary/aromatic N) is 1. The number of amides is 1. The van der Waals surface area contributed by atoms with E-state index in [4.69, 9.17) is 27.9 Å². The molecular formula is C21H21Cl2N3O3. The van der Waals surface area contributed by atoms with Gasteiger partial charge in [-0.2, -0.15) is 0 Å². The van der Waals surface area contributed by atoms with Crippen LogP contribution >= 0.6 is 23.2 Å². The van der Waals surface area contributed by atoms with Crippen molar-refractivity contribution in [2.75, 3.05) is 13.2 Å². The number of para-hydroxylation sites is 1. The summed E-state index contributed by atoms with van der Waals surface area (Å²) in [4.78, 5) is 31.2. The summed E-state index contributed by atoms with van der Waals surface area (Å²) in [5.41, 5.74) is 0.507. The van der Waals surface area contributed by atoms with Crippen LogP contribution in [-0.4, -0.2) is 29.0 Å². The average molecular weight is 434 g/mol. The zero-order valence-electron chi connectivity index (χ0n) is 15.7. The zero-order chi connectivity index (χ0) is 20.6. The van der Waals surface area contributed by atoms with Crippen LogP contribution in [0.15, 0.2) is 47.3 Å². The minimum atomic E-state index is -0.157. The first-order valence-electron chi connectivity index (χ1n) is 9.35. The van der Waals surface area contributed by atoms with Crippen molar-refractivity contribution in [3.05, 3.63) is 68.7 Å². The third-order valence-corrected chi connectivity index (χ3v) is 4.80. The van der Waals surface area contributed by atoms with E-state index in [1.807, 2.05) is 6.07 Å². The lowest BCUT2D eigenvalue weighted by Gasteiger charge is -2.09. The molecule has 6 nitrogen and oxygen atoms in total. The summed E-state index contributed by atoms with van der Waals surface area (Å²) in [6.45, 7) is 0.943. The van der Waals surface area contributed by atoms with Gasteiger partial charge in [0.25, 0.3) is 5.56 Å². The number of aromatic nitrogens is 2. The number of hydrogen-bond acceptors (Lipinski definition) is 4. The van der Waals surface area contributed by atoms with Crippen LogP contribution in [0.1, 0.15) is 25.1 Å². The van der Waals surface area contributed by atoms with Crippen molar-refractivity contribution in [3.63, 3.8) is 0 Å². The van der Waals surface area contributed by atoms with Gasteiger partial charge in [-0.3, -0.25) is 9.59 Å². The standard InChI is InChI=1S/C21H21Cl2N3O3/c22-14-9-10-18(16(23)13-14)29-12-4-11-24-20(27)8-3-7-19-25-17-6-2-1-5-15(17)21(28)26-19/h1-2,5-6,9-10,13H,3-4,7-8,11-12H2,(H,24,27)(H,25,26,28). The lowest BCUT2D eigenvalue weighted by molar-refractivity contribution is -0.121. The van der Waals surface area contributed by atoms with Crippen molar-refractivity contribution in [2.45, 2.75) is 25.7 Å². The van der Waals surface area contributed by atoms with Crippen LogP contribution in [0.3, 0.4) is 0 Å². The van der Waals surface area contributed by atoms with Crippen LogP contribution in [0.2, 0.25) is 10.0 Å². The second kappa shape index (κ2) is 10.3. The fraction of sp³-hybridized carbons (Fsp3) is 0.286. The molecule has 8 heteroatoms. The summed E-state index contributed by atoms with van der Waals surface area (Å²) in [7, 11) is 0. The Morgan fingerprint density at radius 2 is 1.97 bits per heavy atom. The van der Waals surface area contributed by atoms with Crippen molar-refractivity contribution in [3.8, 4) is 5.75 Å². The summed E-state index contributed by atoms with van der Waals surface area (Å²) in [5, 5.41) is 4.43. The number of carbonyl (C=O) groups is 1. The highest BCUT2D eigenvalue weighted by Gasteiger charge is 2.06. The molecule has 0 aliphatic heterocycles. The Balaban J connectivity index is 1.34. The summed E-state index contributed by atoms with van der Waals surface area (Å²) in [5.74, 6) is 1.12. The molecule has 3 aromatic rings. The van der Waals surface area contributed by atoms with E-state index in [9.17, 15) is 9.59 Å². The average Bonchev–Trinajstić information content (AvgIpc) is 2.69. The molecule has 0 saturated heterocycles. The molecule has 0 atom stereocenters. The normalized spacial score (nSPS) is 10.8. The first kappa shape index (κ1) is 21.1. The van der Waals surface area contributed by atoms with E-state index in [1.165, 1.54) is 0 Å². The largest absolute Gasteiger partial charge is 0.492 e. The predicted molar refractivity (Wildman–Crippen MR) is 115 cm³/mol. The summed E-state index contributed by atoms with van der Waals surface area (Å²) < 4.78 is 5.58. The van der Waals surface area contributed by atoms with Gasteiger partial charge < -0.3 is 15.0 Å². The fourth-order valence-corrected chi connectivity index (χ4v) is 3.30. The molecule has 29 heavy (non-hydrogen) atoms. The van der Waals surface area contributed by atoms with Crippen LogP contribution < -0.4 is 15.6 Å². The van der Waals surface area contributed by atoms with Gasteiger partial charge in [-0.1, -0.05) is 35.3 Å². The Morgan fingerprint density at radius 1 is 1.14 bits per heavy atom. The molecule has 2 N–H and O–H groups in total. The molecule has 152 valence electrons. The van der Waals surface area contributed by atoms with Crippen molar-refractivity contribution in [1.29, 1.82) is 0 Å². The molecule has 0 fully saturated rings. The van der Waals surface area contributed by atoms with E-state index in [2.05, 4.69) is 15.3 Å². The number of ether oxygens (including phenoxy) is 1. The summed E-state index contributed by atoms with van der Waals surface area (Å²) in [6, 6.07) is 12.2. The Bertz CT molecular complexity index is 1050. The van der Waals surface area contributed by atoms with Crippen LogP contribution in [0, 0.1) is 0 Å². The van der Waals surface area contributed by atoms with E-state index in [1.54, 1.807) is 36.4 Å². The third-order valence-electron chi connectivity index (χ3n) is 4.27. The minimum absolute atomic E-state index is 0.0438. The van der Waals surface area contributed by atoms with Gasteiger partial charge in [0.1, 0.15) is 11.6 Å². The number of H-pyrrole nitrogens is 1. The molecule has 1 amide bonds. The highest BCUT2D eigenvalue weighted by atomic mass is 35.5. The molecular weight excluding hydrogens is 413 g/mol. The van der Waals surface area contributed by atoms with Crippen molar-refractivity contribution >= 4 is 40.0 Å². The van der Waals surface area contributed by atoms with Crippen LogP contribution in [0.25, 0.3) is 10.9 Å². The van der Waals surface area contributed by atoms with Crippen LogP contribution in [0.4, 0.5) is 0 Å². The highest BCUT2D eigenvalue weighted by Crippen LogP contribution is 2.27. The van der Waals surface area contributed by atoms with Gasteiger partial charge in [-0.05, 0) is 43.2 Å².